The maximum Gasteiger partial charge on any atom is 0.327 e. The first-order valence-corrected chi connectivity index (χ1v) is 17.0. The zero-order chi connectivity index (χ0) is 30.3. The Kier molecular flexibility index (Phi) is 7.13. The van der Waals surface area contributed by atoms with Crippen molar-refractivity contribution in [2.75, 3.05) is 0 Å². The Balaban J connectivity index is 1.30. The van der Waals surface area contributed by atoms with E-state index < -0.39 is 29.8 Å². The zero-order valence-corrected chi connectivity index (χ0v) is 27.0. The molecule has 1 aromatic heterocycles. The molecule has 7 unspecified atom stereocenters. The van der Waals surface area contributed by atoms with E-state index in [1.54, 1.807) is 25.6 Å². The number of fused-ring (bicyclic) bond motifs is 9. The van der Waals surface area contributed by atoms with Crippen LogP contribution >= 0.6 is 39.0 Å². The van der Waals surface area contributed by atoms with Crippen LogP contribution in [0.25, 0.3) is 0 Å². The highest BCUT2D eigenvalue weighted by atomic mass is 79.9. The van der Waals surface area contributed by atoms with Crippen LogP contribution in [0.5, 0.6) is 5.75 Å². The number of aryl methyl sites for hydroxylation is 1. The second kappa shape index (κ2) is 10.6. The van der Waals surface area contributed by atoms with Crippen LogP contribution < -0.4 is 9.61 Å². The van der Waals surface area contributed by atoms with Gasteiger partial charge in [0.15, 0.2) is 0 Å². The molecule has 8 nitrogen and oxygen atoms in total. The normalized spacial score (nSPS) is 29.5. The number of nitrogens with one attached hydrogen (secondary N) is 1. The molecule has 3 heterocycles. The Morgan fingerprint density at radius 1 is 1.12 bits per heavy atom. The monoisotopic (exact) mass is 682 g/mol. The summed E-state index contributed by atoms with van der Waals surface area (Å²) in [4.78, 5) is 57.6. The molecule has 0 spiro atoms. The van der Waals surface area contributed by atoms with E-state index in [1.165, 1.54) is 11.3 Å². The molecular formula is C32H31BrN2O6S2. The first-order chi connectivity index (χ1) is 20.5. The van der Waals surface area contributed by atoms with Gasteiger partial charge in [0, 0.05) is 26.1 Å². The highest BCUT2D eigenvalue weighted by Crippen LogP contribution is 2.69. The molecular weight excluding hydrogens is 652 g/mol. The van der Waals surface area contributed by atoms with Crippen molar-refractivity contribution >= 4 is 56.8 Å². The average Bonchev–Trinajstić information content (AvgIpc) is 3.68. The molecule has 2 N–H and O–H groups in total. The molecule has 43 heavy (non-hydrogen) atoms. The first-order valence-electron chi connectivity index (χ1n) is 14.5. The average molecular weight is 684 g/mol. The molecule has 2 amide bonds. The number of aromatic nitrogens is 1. The SMILES string of the molecule is Cc1cccc(COc2ccc(Br)cc2[C@H]2c3sc(=O)[nH]c3SC3C4CC(C5C(=O)N(C(C(=O)O)C(C)C)C(=O)C45)C32)c1. The van der Waals surface area contributed by atoms with Crippen molar-refractivity contribution in [3.63, 3.8) is 0 Å². The highest BCUT2D eigenvalue weighted by molar-refractivity contribution is 9.10. The Morgan fingerprint density at radius 3 is 2.56 bits per heavy atom. The van der Waals surface area contributed by atoms with Gasteiger partial charge < -0.3 is 14.8 Å². The van der Waals surface area contributed by atoms with Crippen LogP contribution in [0.15, 0.2) is 56.8 Å². The van der Waals surface area contributed by atoms with E-state index in [4.69, 9.17) is 4.74 Å². The summed E-state index contributed by atoms with van der Waals surface area (Å²) in [5.41, 5.74) is 3.14. The predicted molar refractivity (Wildman–Crippen MR) is 166 cm³/mol. The summed E-state index contributed by atoms with van der Waals surface area (Å²) < 4.78 is 7.34. The van der Waals surface area contributed by atoms with E-state index in [1.807, 2.05) is 43.3 Å². The summed E-state index contributed by atoms with van der Waals surface area (Å²) in [7, 11) is 0. The number of aliphatic carboxylic acids is 1. The first kappa shape index (κ1) is 28.9. The van der Waals surface area contributed by atoms with Crippen LogP contribution in [0.1, 0.15) is 47.8 Å². The second-order valence-electron chi connectivity index (χ2n) is 12.5. The number of halogens is 1. The fourth-order valence-electron chi connectivity index (χ4n) is 8.21. The lowest BCUT2D eigenvalue weighted by atomic mass is 9.68. The number of hydrogen-bond acceptors (Lipinski definition) is 7. The van der Waals surface area contributed by atoms with Crippen LogP contribution in [0, 0.1) is 42.4 Å². The lowest BCUT2D eigenvalue weighted by molar-refractivity contribution is -0.157. The summed E-state index contributed by atoms with van der Waals surface area (Å²) in [6.45, 7) is 5.88. The number of carboxylic acids is 1. The molecule has 7 rings (SSSR count). The number of H-pyrrole nitrogens is 1. The number of likely N-dealkylation sites (tertiary alicyclic amines) is 1. The van der Waals surface area contributed by atoms with E-state index in [2.05, 4.69) is 27.0 Å². The van der Waals surface area contributed by atoms with Crippen molar-refractivity contribution in [3.8, 4) is 5.75 Å². The lowest BCUT2D eigenvalue weighted by Gasteiger charge is -2.43. The van der Waals surface area contributed by atoms with E-state index in [0.29, 0.717) is 12.4 Å². The number of carbonyl (C=O) groups is 3. The minimum atomic E-state index is -1.18. The molecule has 2 aliphatic carbocycles. The summed E-state index contributed by atoms with van der Waals surface area (Å²) in [6.07, 6.45) is 0.728. The third-order valence-corrected chi connectivity index (χ3v) is 12.8. The quantitative estimate of drug-likeness (QED) is 0.309. The van der Waals surface area contributed by atoms with Crippen molar-refractivity contribution < 1.29 is 24.2 Å². The fraction of sp³-hybridized carbons (Fsp3) is 0.438. The molecule has 1 saturated heterocycles. The Hall–Kier alpha value is -2.89. The van der Waals surface area contributed by atoms with Gasteiger partial charge in [-0.05, 0) is 60.8 Å². The number of thiazole rings is 1. The number of amides is 2. The van der Waals surface area contributed by atoms with Gasteiger partial charge in [0.05, 0.1) is 16.9 Å². The van der Waals surface area contributed by atoms with Crippen molar-refractivity contribution in [2.24, 2.45) is 35.5 Å². The van der Waals surface area contributed by atoms with Crippen molar-refractivity contribution in [2.45, 2.75) is 56.0 Å². The predicted octanol–water partition coefficient (Wildman–Crippen LogP) is 5.67. The van der Waals surface area contributed by atoms with Gasteiger partial charge in [-0.25, -0.2) is 4.79 Å². The topological polar surface area (TPSA) is 117 Å². The van der Waals surface area contributed by atoms with Gasteiger partial charge in [0.2, 0.25) is 11.8 Å². The maximum atomic E-state index is 14.0. The van der Waals surface area contributed by atoms with E-state index in [9.17, 15) is 24.3 Å². The molecule has 2 aliphatic heterocycles. The summed E-state index contributed by atoms with van der Waals surface area (Å²) >= 11 is 6.46. The Morgan fingerprint density at radius 2 is 1.86 bits per heavy atom. The summed E-state index contributed by atoms with van der Waals surface area (Å²) in [5.74, 6) is -3.08. The van der Waals surface area contributed by atoms with Gasteiger partial charge >= 0.3 is 10.8 Å². The van der Waals surface area contributed by atoms with E-state index in [-0.39, 0.29) is 45.6 Å². The summed E-state index contributed by atoms with van der Waals surface area (Å²) in [6, 6.07) is 12.9. The lowest BCUT2D eigenvalue weighted by Crippen LogP contribution is -2.49. The van der Waals surface area contributed by atoms with Crippen molar-refractivity contribution in [3.05, 3.63) is 78.2 Å². The van der Waals surface area contributed by atoms with Crippen LogP contribution in [0.3, 0.4) is 0 Å². The molecule has 2 bridgehead atoms. The third kappa shape index (κ3) is 4.52. The number of rotatable bonds is 7. The van der Waals surface area contributed by atoms with Crippen LogP contribution in [0.4, 0.5) is 0 Å². The number of nitrogens with zero attached hydrogens (tertiary/aromatic N) is 1. The minimum Gasteiger partial charge on any atom is -0.489 e. The Bertz CT molecular complexity index is 1720. The number of ether oxygens (including phenoxy) is 1. The number of thioether (sulfide) groups is 1. The molecule has 224 valence electrons. The molecule has 2 aromatic carbocycles. The van der Waals surface area contributed by atoms with Crippen LogP contribution in [-0.4, -0.2) is 44.1 Å². The minimum absolute atomic E-state index is 0.00312. The van der Waals surface area contributed by atoms with Crippen molar-refractivity contribution in [1.29, 1.82) is 0 Å². The zero-order valence-electron chi connectivity index (χ0n) is 23.8. The molecule has 11 heteroatoms. The number of aromatic amines is 1. The number of carboxylic acid groups (broad SMARTS) is 1. The van der Waals surface area contributed by atoms with Crippen LogP contribution in [-0.2, 0) is 21.0 Å². The molecule has 3 fully saturated rings. The van der Waals surface area contributed by atoms with Gasteiger partial charge in [-0.15, -0.1) is 11.8 Å². The largest absolute Gasteiger partial charge is 0.489 e. The van der Waals surface area contributed by atoms with E-state index in [0.717, 1.165) is 42.4 Å². The molecule has 2 saturated carbocycles. The van der Waals surface area contributed by atoms with E-state index >= 15 is 0 Å². The fourth-order valence-corrected chi connectivity index (χ4v) is 11.5. The number of hydrogen-bond donors (Lipinski definition) is 2. The van der Waals surface area contributed by atoms with Gasteiger partial charge in [-0.2, -0.15) is 0 Å². The third-order valence-electron chi connectivity index (χ3n) is 9.70. The standard InChI is InChI=1S/C32H31BrN2O6S2/c1-13(2)25(31(38)39)35-29(36)23-18-11-19(24(23)30(35)37)26-22(18)21(27-28(42-26)34-32(40)43-27)17-10-16(33)7-8-20(17)41-12-15-6-4-5-14(3)9-15/h4-10,13,18-19,21-26H,11-12H2,1-3H3,(H,34,40)(H,38,39)/t18?,19?,21-,22?,23?,24?,25?,26?/m1/s1. The van der Waals surface area contributed by atoms with Gasteiger partial charge in [0.25, 0.3) is 0 Å². The van der Waals surface area contributed by atoms with Gasteiger partial charge in [-0.1, -0.05) is 70.9 Å². The second-order valence-corrected chi connectivity index (χ2v) is 15.6. The van der Waals surface area contributed by atoms with Gasteiger partial charge in [0.1, 0.15) is 18.4 Å². The number of benzene rings is 2. The summed E-state index contributed by atoms with van der Waals surface area (Å²) in [5, 5.41) is 10.8. The molecule has 0 radical (unpaired) electrons. The van der Waals surface area contributed by atoms with Crippen molar-refractivity contribution in [1.82, 2.24) is 9.88 Å². The molecule has 8 atom stereocenters. The van der Waals surface area contributed by atoms with Gasteiger partial charge in [-0.3, -0.25) is 19.3 Å². The highest BCUT2D eigenvalue weighted by Gasteiger charge is 2.70. The van der Waals surface area contributed by atoms with Crippen LogP contribution in [0.2, 0.25) is 0 Å². The maximum absolute atomic E-state index is 14.0. The smallest absolute Gasteiger partial charge is 0.327 e. The molecule has 3 aromatic rings. The molecule has 4 aliphatic rings. The Labute approximate surface area is 265 Å². The number of imide groups is 1. The number of carbonyl (C=O) groups excluding carboxylic acids is 2.